The molecule has 2 N–H and O–H groups in total. The van der Waals surface area contributed by atoms with Crippen LogP contribution in [0.3, 0.4) is 0 Å². The number of rotatable bonds is 6. The van der Waals surface area contributed by atoms with Crippen LogP contribution in [0.15, 0.2) is 24.5 Å². The molecule has 32 heavy (non-hydrogen) atoms. The van der Waals surface area contributed by atoms with Gasteiger partial charge in [0, 0.05) is 31.1 Å². The summed E-state index contributed by atoms with van der Waals surface area (Å²) in [5.74, 6) is 1.49. The Morgan fingerprint density at radius 2 is 1.97 bits per heavy atom. The molecule has 2 aromatic rings. The van der Waals surface area contributed by atoms with Crippen molar-refractivity contribution >= 4 is 22.6 Å². The SMILES string of the molecule is Cc1ccc2ncnc(NCC(=O)NC3CN([C@H]4CC[C@@H](C5CCCCO5)CC4)C3)c2c1. The Kier molecular flexibility index (Phi) is 6.55. The lowest BCUT2D eigenvalue weighted by Gasteiger charge is -2.47. The number of nitrogens with one attached hydrogen (secondary N) is 2. The number of fused-ring (bicyclic) bond motifs is 1. The van der Waals surface area contributed by atoms with Crippen LogP contribution in [0.5, 0.6) is 0 Å². The summed E-state index contributed by atoms with van der Waals surface area (Å²) in [6, 6.07) is 7.00. The summed E-state index contributed by atoms with van der Waals surface area (Å²) < 4.78 is 6.02. The van der Waals surface area contributed by atoms with Crippen LogP contribution >= 0.6 is 0 Å². The van der Waals surface area contributed by atoms with Crippen molar-refractivity contribution in [1.29, 1.82) is 0 Å². The lowest BCUT2D eigenvalue weighted by molar-refractivity contribution is -0.121. The van der Waals surface area contributed by atoms with E-state index in [1.54, 1.807) is 0 Å². The van der Waals surface area contributed by atoms with Crippen LogP contribution in [0, 0.1) is 12.8 Å². The van der Waals surface area contributed by atoms with Gasteiger partial charge < -0.3 is 15.4 Å². The maximum Gasteiger partial charge on any atom is 0.239 e. The quantitative estimate of drug-likeness (QED) is 0.722. The lowest BCUT2D eigenvalue weighted by atomic mass is 9.79. The fourth-order valence-corrected chi connectivity index (χ4v) is 5.63. The monoisotopic (exact) mass is 437 g/mol. The van der Waals surface area contributed by atoms with Crippen LogP contribution in [0.4, 0.5) is 5.82 Å². The molecule has 0 radical (unpaired) electrons. The Bertz CT molecular complexity index is 931. The summed E-state index contributed by atoms with van der Waals surface area (Å²) in [4.78, 5) is 23.7. The minimum absolute atomic E-state index is 0.0206. The second-order valence-electron chi connectivity index (χ2n) is 9.79. The molecule has 7 nitrogen and oxygen atoms in total. The van der Waals surface area contributed by atoms with Gasteiger partial charge in [0.2, 0.25) is 5.91 Å². The van der Waals surface area contributed by atoms with E-state index in [1.807, 2.05) is 19.1 Å². The predicted molar refractivity (Wildman–Crippen MR) is 126 cm³/mol. The van der Waals surface area contributed by atoms with Gasteiger partial charge in [-0.2, -0.15) is 0 Å². The molecule has 1 unspecified atom stereocenters. The number of hydrogen-bond donors (Lipinski definition) is 2. The minimum atomic E-state index is 0.0206. The van der Waals surface area contributed by atoms with E-state index in [0.29, 0.717) is 18.0 Å². The van der Waals surface area contributed by atoms with Gasteiger partial charge in [0.25, 0.3) is 0 Å². The van der Waals surface area contributed by atoms with Gasteiger partial charge in [-0.3, -0.25) is 9.69 Å². The molecular weight excluding hydrogens is 402 g/mol. The largest absolute Gasteiger partial charge is 0.378 e. The molecule has 1 atom stereocenters. The van der Waals surface area contributed by atoms with Crippen LogP contribution in [0.2, 0.25) is 0 Å². The summed E-state index contributed by atoms with van der Waals surface area (Å²) in [6.45, 7) is 5.16. The summed E-state index contributed by atoms with van der Waals surface area (Å²) in [5.41, 5.74) is 2.03. The van der Waals surface area contributed by atoms with Gasteiger partial charge in [-0.1, -0.05) is 11.6 Å². The standard InChI is InChI=1S/C25H35N5O2/c1-17-5-10-22-21(12-17)25(28-16-27-22)26-13-24(31)29-19-14-30(15-19)20-8-6-18(7-9-20)23-4-2-3-11-32-23/h5,10,12,16,18-20,23H,2-4,6-9,11,13-15H2,1H3,(H,29,31)(H,26,27,28)/t18-,20+,23?. The maximum atomic E-state index is 12.5. The number of nitrogens with zero attached hydrogens (tertiary/aromatic N) is 3. The van der Waals surface area contributed by atoms with Gasteiger partial charge in [-0.15, -0.1) is 0 Å². The molecular formula is C25H35N5O2. The number of benzene rings is 1. The van der Waals surface area contributed by atoms with Gasteiger partial charge in [0.1, 0.15) is 12.1 Å². The zero-order valence-corrected chi connectivity index (χ0v) is 19.1. The Hall–Kier alpha value is -2.25. The molecule has 3 fully saturated rings. The van der Waals surface area contributed by atoms with Crippen LogP contribution in [0.25, 0.3) is 10.9 Å². The average molecular weight is 438 g/mol. The van der Waals surface area contributed by atoms with Gasteiger partial charge in [-0.05, 0) is 69.9 Å². The number of carbonyl (C=O) groups excluding carboxylic acids is 1. The fraction of sp³-hybridized carbons (Fsp3) is 0.640. The van der Waals surface area contributed by atoms with Crippen molar-refractivity contribution in [2.75, 3.05) is 31.6 Å². The molecule has 172 valence electrons. The van der Waals surface area contributed by atoms with E-state index in [9.17, 15) is 4.79 Å². The highest BCUT2D eigenvalue weighted by molar-refractivity contribution is 5.91. The first-order valence-electron chi connectivity index (χ1n) is 12.3. The van der Waals surface area contributed by atoms with Gasteiger partial charge in [0.05, 0.1) is 24.2 Å². The van der Waals surface area contributed by atoms with Gasteiger partial charge >= 0.3 is 0 Å². The molecule has 5 rings (SSSR count). The molecule has 3 heterocycles. The molecule has 1 aromatic carbocycles. The zero-order valence-electron chi connectivity index (χ0n) is 19.1. The van der Waals surface area contributed by atoms with Crippen LogP contribution in [0.1, 0.15) is 50.5 Å². The number of anilines is 1. The second kappa shape index (κ2) is 9.71. The number of carbonyl (C=O) groups is 1. The first-order valence-corrected chi connectivity index (χ1v) is 12.3. The van der Waals surface area contributed by atoms with Crippen molar-refractivity contribution in [3.63, 3.8) is 0 Å². The number of aromatic nitrogens is 2. The molecule has 1 aliphatic carbocycles. The van der Waals surface area contributed by atoms with E-state index < -0.39 is 0 Å². The van der Waals surface area contributed by atoms with Gasteiger partial charge in [0.15, 0.2) is 0 Å². The second-order valence-corrected chi connectivity index (χ2v) is 9.79. The molecule has 3 aliphatic rings. The fourth-order valence-electron chi connectivity index (χ4n) is 5.63. The molecule has 7 heteroatoms. The summed E-state index contributed by atoms with van der Waals surface area (Å²) in [5, 5.41) is 7.31. The summed E-state index contributed by atoms with van der Waals surface area (Å²) in [7, 11) is 0. The third-order valence-electron chi connectivity index (χ3n) is 7.48. The van der Waals surface area contributed by atoms with E-state index in [-0.39, 0.29) is 18.5 Å². The van der Waals surface area contributed by atoms with Crippen molar-refractivity contribution in [3.8, 4) is 0 Å². The van der Waals surface area contributed by atoms with Crippen molar-refractivity contribution in [2.24, 2.45) is 5.92 Å². The number of hydrogen-bond acceptors (Lipinski definition) is 6. The lowest BCUT2D eigenvalue weighted by Crippen LogP contribution is -2.63. The normalized spacial score (nSPS) is 27.1. The molecule has 0 bridgehead atoms. The first kappa shape index (κ1) is 21.6. The third-order valence-corrected chi connectivity index (χ3v) is 7.48. The molecule has 2 aliphatic heterocycles. The topological polar surface area (TPSA) is 79.4 Å². The van der Waals surface area contributed by atoms with Crippen LogP contribution in [-0.2, 0) is 9.53 Å². The Labute approximate surface area is 190 Å². The van der Waals surface area contributed by atoms with Crippen molar-refractivity contribution in [2.45, 2.75) is 70.1 Å². The van der Waals surface area contributed by atoms with E-state index in [2.05, 4.69) is 31.6 Å². The number of ether oxygens (including phenoxy) is 1. The smallest absolute Gasteiger partial charge is 0.239 e. The minimum Gasteiger partial charge on any atom is -0.378 e. The molecule has 1 amide bonds. The Balaban J connectivity index is 1.04. The van der Waals surface area contributed by atoms with Gasteiger partial charge in [-0.25, -0.2) is 9.97 Å². The highest BCUT2D eigenvalue weighted by atomic mass is 16.5. The number of likely N-dealkylation sites (tertiary alicyclic amines) is 1. The zero-order chi connectivity index (χ0) is 21.9. The maximum absolute atomic E-state index is 12.5. The van der Waals surface area contributed by atoms with Crippen molar-refractivity contribution in [3.05, 3.63) is 30.1 Å². The van der Waals surface area contributed by atoms with Crippen LogP contribution in [-0.4, -0.2) is 65.2 Å². The summed E-state index contributed by atoms with van der Waals surface area (Å²) >= 11 is 0. The highest BCUT2D eigenvalue weighted by Gasteiger charge is 2.37. The number of amides is 1. The van der Waals surface area contributed by atoms with E-state index in [0.717, 1.165) is 42.1 Å². The van der Waals surface area contributed by atoms with Crippen molar-refractivity contribution in [1.82, 2.24) is 20.2 Å². The predicted octanol–water partition coefficient (Wildman–Crippen LogP) is 3.28. The van der Waals surface area contributed by atoms with E-state index in [4.69, 9.17) is 4.74 Å². The van der Waals surface area contributed by atoms with Crippen molar-refractivity contribution < 1.29 is 9.53 Å². The Morgan fingerprint density at radius 3 is 2.75 bits per heavy atom. The summed E-state index contributed by atoms with van der Waals surface area (Å²) in [6.07, 6.45) is 11.0. The van der Waals surface area contributed by atoms with E-state index >= 15 is 0 Å². The molecule has 2 saturated heterocycles. The molecule has 1 aromatic heterocycles. The average Bonchev–Trinajstić information content (AvgIpc) is 2.80. The molecule has 1 saturated carbocycles. The Morgan fingerprint density at radius 1 is 1.12 bits per heavy atom. The highest BCUT2D eigenvalue weighted by Crippen LogP contribution is 2.35. The first-order chi connectivity index (χ1) is 15.7. The molecule has 0 spiro atoms. The third kappa shape index (κ3) is 4.89. The van der Waals surface area contributed by atoms with E-state index in [1.165, 1.54) is 51.3 Å². The van der Waals surface area contributed by atoms with Crippen LogP contribution < -0.4 is 10.6 Å². The number of aryl methyl sites for hydroxylation is 1.